The number of imide groups is 1. The van der Waals surface area contributed by atoms with Crippen LogP contribution in [0.25, 0.3) is 11.3 Å². The number of amides is 4. The van der Waals surface area contributed by atoms with Gasteiger partial charge in [-0.3, -0.25) is 24.5 Å². The first-order valence-corrected chi connectivity index (χ1v) is 18.5. The molecule has 2 aromatic carbocycles. The Morgan fingerprint density at radius 1 is 0.981 bits per heavy atom. The van der Waals surface area contributed by atoms with Gasteiger partial charge in [-0.05, 0) is 49.1 Å². The van der Waals surface area contributed by atoms with Crippen molar-refractivity contribution in [1.29, 1.82) is 0 Å². The standard InChI is InChI=1S/C37H41F2N5O9S/c38-29-9-7-28(30-22-54-37(42-30)44-19-25-5-6-26(20-44)53-25)35(34(29)39)52-21-33(47)40-12-14-50-16-18-51-17-15-49-13-11-32(46)41-24-3-1-23(2-4-24)27-8-10-31(45)43-36(27)48/h1-4,7,9,11,13,22,25-27H,5-6,8,10,12,14-21H2,(H,40,47)(H,41,46)(H,43,45,48). The maximum Gasteiger partial charge on any atom is 0.258 e. The fourth-order valence-corrected chi connectivity index (χ4v) is 7.08. The van der Waals surface area contributed by atoms with Crippen LogP contribution in [0.15, 0.2) is 54.1 Å². The molecule has 3 aliphatic rings. The zero-order chi connectivity index (χ0) is 37.9. The topological polar surface area (TPSA) is 167 Å². The van der Waals surface area contributed by atoms with E-state index in [1.54, 1.807) is 29.6 Å². The molecule has 3 fully saturated rings. The van der Waals surface area contributed by atoms with Gasteiger partial charge in [-0.2, -0.15) is 4.39 Å². The predicted octanol–water partition coefficient (Wildman–Crippen LogP) is 3.67. The number of aromatic nitrogens is 1. The van der Waals surface area contributed by atoms with E-state index >= 15 is 0 Å². The van der Waals surface area contributed by atoms with Crippen LogP contribution in [0.3, 0.4) is 0 Å². The predicted molar refractivity (Wildman–Crippen MR) is 193 cm³/mol. The van der Waals surface area contributed by atoms with E-state index in [9.17, 15) is 28.0 Å². The highest BCUT2D eigenvalue weighted by Gasteiger charge is 2.35. The van der Waals surface area contributed by atoms with Gasteiger partial charge >= 0.3 is 0 Å². The number of fused-ring (bicyclic) bond motifs is 2. The number of thiazole rings is 1. The van der Waals surface area contributed by atoms with Crippen molar-refractivity contribution < 1.29 is 51.6 Å². The summed E-state index contributed by atoms with van der Waals surface area (Å²) in [6, 6.07) is 9.25. The van der Waals surface area contributed by atoms with E-state index in [-0.39, 0.29) is 74.9 Å². The number of carbonyl (C=O) groups excluding carboxylic acids is 4. The monoisotopic (exact) mass is 769 g/mol. The molecule has 0 aliphatic carbocycles. The Labute approximate surface area is 314 Å². The van der Waals surface area contributed by atoms with Crippen molar-refractivity contribution in [1.82, 2.24) is 15.6 Å². The van der Waals surface area contributed by atoms with Crippen LogP contribution in [0.4, 0.5) is 19.6 Å². The number of piperidine rings is 1. The number of carbonyl (C=O) groups is 4. The number of morpholine rings is 1. The molecule has 0 spiro atoms. The second kappa shape index (κ2) is 18.9. The molecule has 0 radical (unpaired) electrons. The molecular weight excluding hydrogens is 728 g/mol. The molecule has 3 N–H and O–H groups in total. The highest BCUT2D eigenvalue weighted by atomic mass is 32.1. The third-order valence-corrected chi connectivity index (χ3v) is 9.80. The number of nitrogens with one attached hydrogen (secondary N) is 3. The lowest BCUT2D eigenvalue weighted by Gasteiger charge is -2.31. The fraction of sp³-hybridized carbons (Fsp3) is 0.432. The van der Waals surface area contributed by atoms with Gasteiger partial charge in [0.05, 0.1) is 56.5 Å². The van der Waals surface area contributed by atoms with Gasteiger partial charge in [0, 0.05) is 48.8 Å². The summed E-state index contributed by atoms with van der Waals surface area (Å²) in [6.45, 7) is 2.26. The molecule has 3 saturated heterocycles. The minimum Gasteiger partial charge on any atom is -0.499 e. The molecule has 14 nitrogen and oxygen atoms in total. The van der Waals surface area contributed by atoms with Crippen LogP contribution in [-0.4, -0.2) is 100 Å². The van der Waals surface area contributed by atoms with Gasteiger partial charge in [0.25, 0.3) is 11.8 Å². The van der Waals surface area contributed by atoms with E-state index in [1.165, 1.54) is 29.7 Å². The van der Waals surface area contributed by atoms with Crippen LogP contribution in [0.1, 0.15) is 37.2 Å². The number of rotatable bonds is 18. The summed E-state index contributed by atoms with van der Waals surface area (Å²) in [5.74, 6) is -4.58. The first-order chi connectivity index (χ1) is 26.2. The summed E-state index contributed by atoms with van der Waals surface area (Å²) in [5, 5.41) is 10.2. The lowest BCUT2D eigenvalue weighted by atomic mass is 9.90. The first kappa shape index (κ1) is 38.7. The van der Waals surface area contributed by atoms with Gasteiger partial charge in [-0.1, -0.05) is 12.1 Å². The van der Waals surface area contributed by atoms with Crippen LogP contribution >= 0.6 is 11.3 Å². The summed E-state index contributed by atoms with van der Waals surface area (Å²) in [4.78, 5) is 54.7. The molecule has 288 valence electrons. The van der Waals surface area contributed by atoms with Crippen LogP contribution < -0.4 is 25.6 Å². The van der Waals surface area contributed by atoms with Crippen LogP contribution in [-0.2, 0) is 38.1 Å². The minimum absolute atomic E-state index is 0.164. The molecular formula is C37H41F2N5O9S. The molecule has 3 aromatic rings. The molecule has 54 heavy (non-hydrogen) atoms. The molecule has 0 saturated carbocycles. The molecule has 4 amide bonds. The number of hydrogen-bond acceptors (Lipinski definition) is 12. The molecule has 1 aromatic heterocycles. The molecule has 3 aliphatic heterocycles. The third-order valence-electron chi connectivity index (χ3n) is 8.90. The lowest BCUT2D eigenvalue weighted by Crippen LogP contribution is -2.42. The first-order valence-electron chi connectivity index (χ1n) is 17.7. The SMILES string of the molecule is O=C(C=COCCOCCOCCNC(=O)COc1c(-c2csc(N3CC4CCC(C3)O4)n2)ccc(F)c1F)Nc1ccc(C2CCC(=O)NC2=O)cc1. The highest BCUT2D eigenvalue weighted by molar-refractivity contribution is 7.14. The fourth-order valence-electron chi connectivity index (χ4n) is 6.23. The van der Waals surface area contributed by atoms with Crippen molar-refractivity contribution in [3.63, 3.8) is 0 Å². The van der Waals surface area contributed by atoms with E-state index < -0.39 is 36.0 Å². The van der Waals surface area contributed by atoms with Crippen LogP contribution in [0, 0.1) is 11.6 Å². The third kappa shape index (κ3) is 10.6. The molecule has 17 heteroatoms. The lowest BCUT2D eigenvalue weighted by molar-refractivity contribution is -0.134. The van der Waals surface area contributed by atoms with Crippen molar-refractivity contribution >= 4 is 45.8 Å². The Bertz CT molecular complexity index is 1810. The van der Waals surface area contributed by atoms with E-state index in [4.69, 9.17) is 23.7 Å². The van der Waals surface area contributed by atoms with E-state index in [2.05, 4.69) is 25.8 Å². The van der Waals surface area contributed by atoms with Crippen molar-refractivity contribution in [2.24, 2.45) is 0 Å². The summed E-state index contributed by atoms with van der Waals surface area (Å²) < 4.78 is 56.5. The van der Waals surface area contributed by atoms with Gasteiger partial charge in [-0.25, -0.2) is 9.37 Å². The van der Waals surface area contributed by atoms with Crippen LogP contribution in [0.2, 0.25) is 0 Å². The second-order valence-corrected chi connectivity index (χ2v) is 13.6. The maximum atomic E-state index is 14.8. The van der Waals surface area contributed by atoms with Crippen molar-refractivity contribution in [3.05, 3.63) is 71.3 Å². The number of nitrogens with zero attached hydrogens (tertiary/aromatic N) is 2. The van der Waals surface area contributed by atoms with Gasteiger partial charge < -0.3 is 39.2 Å². The number of ether oxygens (including phenoxy) is 5. The second-order valence-electron chi connectivity index (χ2n) is 12.8. The molecule has 4 heterocycles. The van der Waals surface area contributed by atoms with E-state index in [0.29, 0.717) is 24.2 Å². The number of anilines is 2. The normalized spacial score (nSPS) is 19.5. The van der Waals surface area contributed by atoms with Gasteiger partial charge in [0.15, 0.2) is 23.3 Å². The molecule has 3 unspecified atom stereocenters. The van der Waals surface area contributed by atoms with E-state index in [0.717, 1.165) is 42.7 Å². The zero-order valence-electron chi connectivity index (χ0n) is 29.4. The number of benzene rings is 2. The smallest absolute Gasteiger partial charge is 0.258 e. The molecule has 3 atom stereocenters. The largest absolute Gasteiger partial charge is 0.499 e. The molecule has 2 bridgehead atoms. The molecule has 6 rings (SSSR count). The Kier molecular flexibility index (Phi) is 13.5. The van der Waals surface area contributed by atoms with Gasteiger partial charge in [-0.15, -0.1) is 11.3 Å². The minimum atomic E-state index is -1.19. The summed E-state index contributed by atoms with van der Waals surface area (Å²) >= 11 is 1.40. The Balaban J connectivity index is 0.805. The number of halogens is 2. The van der Waals surface area contributed by atoms with Gasteiger partial charge in [0.2, 0.25) is 17.6 Å². The van der Waals surface area contributed by atoms with Gasteiger partial charge in [0.1, 0.15) is 6.61 Å². The van der Waals surface area contributed by atoms with E-state index in [1.807, 2.05) is 0 Å². The zero-order valence-corrected chi connectivity index (χ0v) is 30.2. The Hall–Kier alpha value is -4.97. The highest BCUT2D eigenvalue weighted by Crippen LogP contribution is 2.38. The average Bonchev–Trinajstić information content (AvgIpc) is 3.79. The Morgan fingerprint density at radius 2 is 1.72 bits per heavy atom. The Morgan fingerprint density at radius 3 is 2.48 bits per heavy atom. The van der Waals surface area contributed by atoms with Crippen molar-refractivity contribution in [2.75, 3.05) is 69.5 Å². The summed E-state index contributed by atoms with van der Waals surface area (Å²) in [7, 11) is 0. The maximum absolute atomic E-state index is 14.8. The average molecular weight is 770 g/mol. The van der Waals surface area contributed by atoms with Crippen LogP contribution in [0.5, 0.6) is 5.75 Å². The summed E-state index contributed by atoms with van der Waals surface area (Å²) in [5.41, 5.74) is 1.99. The number of hydrogen-bond donors (Lipinski definition) is 3. The quantitative estimate of drug-likeness (QED) is 0.0748. The summed E-state index contributed by atoms with van der Waals surface area (Å²) in [6.07, 6.45) is 5.61. The van der Waals surface area contributed by atoms with Crippen molar-refractivity contribution in [2.45, 2.75) is 43.8 Å². The van der Waals surface area contributed by atoms with Crippen molar-refractivity contribution in [3.8, 4) is 17.0 Å².